The van der Waals surface area contributed by atoms with Crippen LogP contribution >= 0.6 is 15.9 Å². The van der Waals surface area contributed by atoms with Crippen molar-refractivity contribution >= 4 is 26.8 Å². The molecule has 10 heteroatoms. The minimum Gasteiger partial charge on any atom is -0.493 e. The van der Waals surface area contributed by atoms with Gasteiger partial charge in [0, 0.05) is 39.7 Å². The third-order valence-electron chi connectivity index (χ3n) is 7.30. The Labute approximate surface area is 261 Å². The Balaban J connectivity index is 2.14. The molecule has 2 atom stereocenters. The van der Waals surface area contributed by atoms with E-state index >= 15 is 0 Å². The molecule has 0 aliphatic rings. The van der Waals surface area contributed by atoms with E-state index in [-0.39, 0.29) is 0 Å². The highest BCUT2D eigenvalue weighted by Gasteiger charge is 2.45. The van der Waals surface area contributed by atoms with Crippen LogP contribution in [-0.2, 0) is 5.60 Å². The number of aromatic nitrogens is 2. The third-order valence-corrected chi connectivity index (χ3v) is 7.79. The van der Waals surface area contributed by atoms with Crippen LogP contribution in [0.25, 0.3) is 10.9 Å². The Bertz CT molecular complexity index is 1520. The monoisotopic (exact) mass is 653 g/mol. The predicted octanol–water partition coefficient (Wildman–Crippen LogP) is 6.19. The van der Waals surface area contributed by atoms with Crippen LogP contribution in [0.5, 0.6) is 29.1 Å². The SMILES string of the molecule is CCOc1cc([C@](O)(CCN(C)C)[C@@H](c2cc3cc(Br)ccc3nc2OC)c2cccc(OC)c2OC)cc(OCC)n1. The second-order valence-corrected chi connectivity index (χ2v) is 11.2. The second-order valence-electron chi connectivity index (χ2n) is 10.3. The quantitative estimate of drug-likeness (QED) is 0.171. The lowest BCUT2D eigenvalue weighted by molar-refractivity contribution is 0.00258. The van der Waals surface area contributed by atoms with Crippen molar-refractivity contribution in [3.8, 4) is 29.1 Å². The van der Waals surface area contributed by atoms with Gasteiger partial charge in [0.15, 0.2) is 11.5 Å². The van der Waals surface area contributed by atoms with E-state index < -0.39 is 11.5 Å². The summed E-state index contributed by atoms with van der Waals surface area (Å²) in [7, 11) is 8.72. The zero-order chi connectivity index (χ0) is 31.1. The molecule has 0 saturated carbocycles. The number of para-hydroxylation sites is 1. The van der Waals surface area contributed by atoms with E-state index in [1.807, 2.05) is 75.3 Å². The highest BCUT2D eigenvalue weighted by molar-refractivity contribution is 9.10. The predicted molar refractivity (Wildman–Crippen MR) is 171 cm³/mol. The maximum Gasteiger partial charge on any atom is 0.217 e. The topological polar surface area (TPSA) is 95.4 Å². The van der Waals surface area contributed by atoms with Crippen molar-refractivity contribution in [2.24, 2.45) is 0 Å². The summed E-state index contributed by atoms with van der Waals surface area (Å²) in [5, 5.41) is 14.1. The van der Waals surface area contributed by atoms with Gasteiger partial charge in [-0.05, 0) is 70.3 Å². The first kappa shape index (κ1) is 32.3. The molecule has 1 N–H and O–H groups in total. The summed E-state index contributed by atoms with van der Waals surface area (Å²) in [6.45, 7) is 5.15. The second kappa shape index (κ2) is 14.2. The van der Waals surface area contributed by atoms with Crippen molar-refractivity contribution in [2.75, 3.05) is 55.2 Å². The van der Waals surface area contributed by atoms with Gasteiger partial charge in [-0.1, -0.05) is 28.1 Å². The number of hydrogen-bond acceptors (Lipinski definition) is 9. The first-order valence-corrected chi connectivity index (χ1v) is 15.0. The highest BCUT2D eigenvalue weighted by atomic mass is 79.9. The van der Waals surface area contributed by atoms with Crippen LogP contribution < -0.4 is 23.7 Å². The number of fused-ring (bicyclic) bond motifs is 1. The number of pyridine rings is 2. The van der Waals surface area contributed by atoms with Crippen molar-refractivity contribution < 1.29 is 28.8 Å². The van der Waals surface area contributed by atoms with E-state index in [4.69, 9.17) is 28.7 Å². The average Bonchev–Trinajstić information content (AvgIpc) is 2.99. The van der Waals surface area contributed by atoms with Gasteiger partial charge in [-0.2, -0.15) is 4.98 Å². The Hall–Kier alpha value is -3.60. The molecular formula is C33H40BrN3O6. The molecule has 0 aliphatic carbocycles. The van der Waals surface area contributed by atoms with Crippen molar-refractivity contribution in [1.29, 1.82) is 0 Å². The minimum atomic E-state index is -1.56. The number of aliphatic hydroxyl groups is 1. The molecular weight excluding hydrogens is 614 g/mol. The molecule has 0 amide bonds. The molecule has 2 aromatic carbocycles. The average molecular weight is 655 g/mol. The molecule has 4 rings (SSSR count). The summed E-state index contributed by atoms with van der Waals surface area (Å²) in [5.74, 6) is 1.40. The van der Waals surface area contributed by atoms with Crippen molar-refractivity contribution in [1.82, 2.24) is 14.9 Å². The highest BCUT2D eigenvalue weighted by Crippen LogP contribution is 2.52. The summed E-state index contributed by atoms with van der Waals surface area (Å²) < 4.78 is 30.2. The molecule has 230 valence electrons. The van der Waals surface area contributed by atoms with E-state index in [1.165, 1.54) is 0 Å². The van der Waals surface area contributed by atoms with Gasteiger partial charge in [0.2, 0.25) is 17.6 Å². The molecule has 0 aliphatic heterocycles. The number of methoxy groups -OCH3 is 3. The summed E-state index contributed by atoms with van der Waals surface area (Å²) in [4.78, 5) is 11.4. The van der Waals surface area contributed by atoms with Crippen LogP contribution in [0.3, 0.4) is 0 Å². The van der Waals surface area contributed by atoms with Crippen molar-refractivity contribution in [3.05, 3.63) is 75.8 Å². The molecule has 2 heterocycles. The van der Waals surface area contributed by atoms with E-state index in [1.54, 1.807) is 33.5 Å². The molecule has 4 aromatic rings. The van der Waals surface area contributed by atoms with Crippen molar-refractivity contribution in [2.45, 2.75) is 31.8 Å². The van der Waals surface area contributed by atoms with Gasteiger partial charge >= 0.3 is 0 Å². The van der Waals surface area contributed by atoms with E-state index in [0.29, 0.717) is 72.0 Å². The van der Waals surface area contributed by atoms with Crippen LogP contribution in [0.2, 0.25) is 0 Å². The summed E-state index contributed by atoms with van der Waals surface area (Å²) in [6.07, 6.45) is 0.325. The maximum atomic E-state index is 13.3. The normalized spacial score (nSPS) is 13.4. The Kier molecular flexibility index (Phi) is 10.7. The fraction of sp³-hybridized carbons (Fsp3) is 0.394. The van der Waals surface area contributed by atoms with Gasteiger partial charge in [0.05, 0.1) is 46.0 Å². The van der Waals surface area contributed by atoms with Crippen LogP contribution in [0.1, 0.15) is 42.9 Å². The van der Waals surface area contributed by atoms with Gasteiger partial charge in [-0.3, -0.25) is 0 Å². The molecule has 0 saturated heterocycles. The smallest absolute Gasteiger partial charge is 0.217 e. The standard InChI is InChI=1S/C33H40BrN3O6/c1-8-42-28-19-22(20-29(36-28)43-9-2)33(38,15-16-37(3)4)30(24-11-10-12-27(39-5)31(24)40-6)25-18-21-17-23(34)13-14-26(21)35-32(25)41-7/h10-14,17-20,30,38H,8-9,15-16H2,1-7H3/t30-,33-/m1/s1. The lowest BCUT2D eigenvalue weighted by Gasteiger charge is -2.39. The molecule has 2 aromatic heterocycles. The summed E-state index contributed by atoms with van der Waals surface area (Å²) in [5.41, 5.74) is 1.15. The molecule has 9 nitrogen and oxygen atoms in total. The zero-order valence-corrected chi connectivity index (χ0v) is 27.4. The molecule has 0 bridgehead atoms. The minimum absolute atomic E-state index is 0.325. The fourth-order valence-corrected chi connectivity index (χ4v) is 5.74. The molecule has 0 fully saturated rings. The van der Waals surface area contributed by atoms with Crippen LogP contribution in [0, 0.1) is 0 Å². The van der Waals surface area contributed by atoms with Gasteiger partial charge in [0.1, 0.15) is 5.60 Å². The fourth-order valence-electron chi connectivity index (χ4n) is 5.36. The number of hydrogen-bond donors (Lipinski definition) is 1. The number of rotatable bonds is 14. The Morgan fingerprint density at radius 2 is 1.56 bits per heavy atom. The number of benzene rings is 2. The lowest BCUT2D eigenvalue weighted by atomic mass is 9.71. The Morgan fingerprint density at radius 3 is 2.14 bits per heavy atom. The molecule has 43 heavy (non-hydrogen) atoms. The van der Waals surface area contributed by atoms with Gasteiger partial charge < -0.3 is 33.7 Å². The van der Waals surface area contributed by atoms with Gasteiger partial charge in [0.25, 0.3) is 0 Å². The largest absolute Gasteiger partial charge is 0.493 e. The first-order chi connectivity index (χ1) is 20.7. The van der Waals surface area contributed by atoms with Gasteiger partial charge in [-0.25, -0.2) is 4.98 Å². The molecule has 0 radical (unpaired) electrons. The molecule has 0 spiro atoms. The van der Waals surface area contributed by atoms with Crippen LogP contribution in [0.4, 0.5) is 0 Å². The Morgan fingerprint density at radius 1 is 0.860 bits per heavy atom. The first-order valence-electron chi connectivity index (χ1n) is 14.2. The summed E-state index contributed by atoms with van der Waals surface area (Å²) >= 11 is 3.59. The van der Waals surface area contributed by atoms with Crippen LogP contribution in [-0.4, -0.2) is 75.2 Å². The van der Waals surface area contributed by atoms with E-state index in [2.05, 4.69) is 20.9 Å². The van der Waals surface area contributed by atoms with Gasteiger partial charge in [-0.15, -0.1) is 0 Å². The van der Waals surface area contributed by atoms with E-state index in [9.17, 15) is 5.11 Å². The van der Waals surface area contributed by atoms with Crippen molar-refractivity contribution in [3.63, 3.8) is 0 Å². The zero-order valence-electron chi connectivity index (χ0n) is 25.8. The maximum absolute atomic E-state index is 13.3. The lowest BCUT2D eigenvalue weighted by Crippen LogP contribution is -2.38. The van der Waals surface area contributed by atoms with Crippen LogP contribution in [0.15, 0.2) is 59.1 Å². The number of nitrogens with zero attached hydrogens (tertiary/aromatic N) is 3. The number of ether oxygens (including phenoxy) is 5. The summed E-state index contributed by atoms with van der Waals surface area (Å²) in [6, 6.07) is 17.1. The molecule has 0 unspecified atom stereocenters. The number of halogens is 1. The van der Waals surface area contributed by atoms with E-state index in [0.717, 1.165) is 15.4 Å². The third kappa shape index (κ3) is 6.98.